The predicted molar refractivity (Wildman–Crippen MR) is 212 cm³/mol. The molecular weight excluding hydrogens is 681 g/mol. The molecule has 4 aromatic carbocycles. The molecule has 0 aromatic heterocycles. The average molecular weight is 731 g/mol. The zero-order valence-electron chi connectivity index (χ0n) is 29.2. The van der Waals surface area contributed by atoms with E-state index in [0.29, 0.717) is 0 Å². The summed E-state index contributed by atoms with van der Waals surface area (Å²) in [6, 6.07) is 41.7. The van der Waals surface area contributed by atoms with Crippen molar-refractivity contribution in [2.75, 3.05) is 0 Å². The van der Waals surface area contributed by atoms with Crippen molar-refractivity contribution in [1.82, 2.24) is 0 Å². The molecule has 0 bridgehead atoms. The maximum Gasteiger partial charge on any atom is 0.468 e. The Morgan fingerprint density at radius 1 is 0.404 bits per heavy atom. The van der Waals surface area contributed by atoms with E-state index < -0.39 is 50.9 Å². The zero-order chi connectivity index (χ0) is 34.4. The lowest BCUT2D eigenvalue weighted by atomic mass is 10.4. The number of benzene rings is 4. The second kappa shape index (κ2) is 14.9. The molecule has 0 aliphatic carbocycles. The van der Waals surface area contributed by atoms with Crippen LogP contribution < -0.4 is 20.7 Å². The number of hydrogen-bond acceptors (Lipinski definition) is 5. The minimum Gasteiger partial charge on any atom is -0.426 e. The Bertz CT molecular complexity index is 1530. The van der Waals surface area contributed by atoms with E-state index in [1.807, 2.05) is 66.5 Å². The molecule has 0 aliphatic heterocycles. The Morgan fingerprint density at radius 3 is 1.11 bits per heavy atom. The molecule has 0 radical (unpaired) electrons. The Labute approximate surface area is 289 Å². The first kappa shape index (κ1) is 37.3. The van der Waals surface area contributed by atoms with Gasteiger partial charge in [-0.2, -0.15) is 0 Å². The van der Waals surface area contributed by atoms with Gasteiger partial charge >= 0.3 is 25.9 Å². The van der Waals surface area contributed by atoms with Crippen molar-refractivity contribution in [2.45, 2.75) is 52.4 Å². The summed E-state index contributed by atoms with van der Waals surface area (Å²) in [5.41, 5.74) is 3.91. The van der Waals surface area contributed by atoms with Gasteiger partial charge in [-0.15, -0.1) is 13.2 Å². The molecule has 0 N–H and O–H groups in total. The Morgan fingerprint density at radius 2 is 0.745 bits per heavy atom. The number of rotatable bonds is 16. The lowest BCUT2D eigenvalue weighted by molar-refractivity contribution is 0.233. The molecule has 5 nitrogen and oxygen atoms in total. The summed E-state index contributed by atoms with van der Waals surface area (Å²) in [7, 11) is -17.6. The summed E-state index contributed by atoms with van der Waals surface area (Å²) in [6.07, 6.45) is 0. The molecule has 4 aromatic rings. The first-order valence-corrected chi connectivity index (χ1v) is 31.3. The van der Waals surface area contributed by atoms with Crippen LogP contribution in [0.4, 0.5) is 0 Å². The number of hydrogen-bond donors (Lipinski definition) is 0. The zero-order valence-corrected chi connectivity index (χ0v) is 35.2. The van der Waals surface area contributed by atoms with Crippen LogP contribution in [0.3, 0.4) is 0 Å². The van der Waals surface area contributed by atoms with Crippen LogP contribution in [-0.2, 0) is 20.6 Å². The second-order valence-electron chi connectivity index (χ2n) is 13.5. The van der Waals surface area contributed by atoms with Crippen molar-refractivity contribution in [1.29, 1.82) is 0 Å². The molecule has 47 heavy (non-hydrogen) atoms. The van der Waals surface area contributed by atoms with Crippen LogP contribution >= 0.6 is 0 Å². The predicted octanol–water partition coefficient (Wildman–Crippen LogP) is 6.85. The highest BCUT2D eigenvalue weighted by Crippen LogP contribution is 2.30. The Balaban J connectivity index is 1.87. The Kier molecular flexibility index (Phi) is 11.8. The summed E-state index contributed by atoms with van der Waals surface area (Å²) < 4.78 is 36.6. The third-order valence-electron chi connectivity index (χ3n) is 8.01. The van der Waals surface area contributed by atoms with Crippen molar-refractivity contribution in [3.8, 4) is 0 Å². The molecule has 0 fully saturated rings. The van der Waals surface area contributed by atoms with E-state index in [9.17, 15) is 0 Å². The molecule has 11 heteroatoms. The van der Waals surface area contributed by atoms with Gasteiger partial charge < -0.3 is 20.6 Å². The smallest absolute Gasteiger partial charge is 0.426 e. The van der Waals surface area contributed by atoms with E-state index in [-0.39, 0.29) is 0 Å². The highest BCUT2D eigenvalue weighted by Gasteiger charge is 2.56. The van der Waals surface area contributed by atoms with Gasteiger partial charge in [-0.1, -0.05) is 133 Å². The molecule has 0 saturated heterocycles. The van der Waals surface area contributed by atoms with E-state index in [1.165, 1.54) is 0 Å². The van der Waals surface area contributed by atoms with Crippen LogP contribution in [0.5, 0.6) is 0 Å². The van der Waals surface area contributed by atoms with Gasteiger partial charge in [0.25, 0.3) is 0 Å². The van der Waals surface area contributed by atoms with Crippen LogP contribution in [-0.4, -0.2) is 50.9 Å². The molecule has 4 rings (SSSR count). The van der Waals surface area contributed by atoms with Crippen molar-refractivity contribution in [3.63, 3.8) is 0 Å². The SMILES string of the molecule is C=C[Si](C)(C)O[Si](C)(O[Si](C)(C)O[Si](O[Si](C)(C)C=C)(c1ccccc1)c1ccccc1)O[Si](C)(c1ccccc1)c1ccccc1. The normalized spacial score (nSPS) is 14.3. The molecule has 1 atom stereocenters. The topological polar surface area (TPSA) is 46.2 Å². The lowest BCUT2D eigenvalue weighted by Gasteiger charge is -2.46. The lowest BCUT2D eigenvalue weighted by Crippen LogP contribution is -2.73. The summed E-state index contributed by atoms with van der Waals surface area (Å²) >= 11 is 0. The average Bonchev–Trinajstić information content (AvgIpc) is 3.05. The molecule has 0 amide bonds. The van der Waals surface area contributed by atoms with Crippen LogP contribution in [0.1, 0.15) is 0 Å². The van der Waals surface area contributed by atoms with E-state index >= 15 is 0 Å². The molecule has 0 spiro atoms. The largest absolute Gasteiger partial charge is 0.468 e. The quantitative estimate of drug-likeness (QED) is 0.118. The van der Waals surface area contributed by atoms with Crippen molar-refractivity contribution in [3.05, 3.63) is 146 Å². The fourth-order valence-electron chi connectivity index (χ4n) is 5.71. The second-order valence-corrected chi connectivity index (χ2v) is 34.9. The third kappa shape index (κ3) is 9.34. The van der Waals surface area contributed by atoms with Crippen molar-refractivity contribution in [2.24, 2.45) is 0 Å². The van der Waals surface area contributed by atoms with E-state index in [1.54, 1.807) is 0 Å². The maximum atomic E-state index is 7.51. The maximum absolute atomic E-state index is 7.51. The molecule has 248 valence electrons. The van der Waals surface area contributed by atoms with Gasteiger partial charge in [0, 0.05) is 6.55 Å². The molecule has 0 saturated carbocycles. The monoisotopic (exact) mass is 730 g/mol. The highest BCUT2D eigenvalue weighted by molar-refractivity contribution is 7.04. The fourth-order valence-corrected chi connectivity index (χ4v) is 31.6. The van der Waals surface area contributed by atoms with E-state index in [2.05, 4.69) is 132 Å². The van der Waals surface area contributed by atoms with Gasteiger partial charge in [0.15, 0.2) is 0 Å². The third-order valence-corrected chi connectivity index (χ3v) is 31.6. The molecule has 0 heterocycles. The van der Waals surface area contributed by atoms with Crippen LogP contribution in [0.15, 0.2) is 146 Å². The standard InChI is InChI=1S/C36H50O5Si6/c1-11-42(3,4)37-46(10,41-45(9,33-25-17-13-18-26-33)34-27-19-14-20-28-34)39-44(7,8)40-47(38-43(5,6)12-2,35-29-21-15-22-30-35)36-31-23-16-24-32-36/h11-32H,1-2H2,3-10H3. The molecule has 0 aliphatic rings. The van der Waals surface area contributed by atoms with E-state index in [0.717, 1.165) is 20.7 Å². The summed E-state index contributed by atoms with van der Waals surface area (Å²) in [5.74, 6) is 0. The first-order valence-electron chi connectivity index (χ1n) is 16.1. The van der Waals surface area contributed by atoms with Crippen molar-refractivity contribution >= 4 is 71.6 Å². The minimum absolute atomic E-state index is 1.02. The fraction of sp³-hybridized carbons (Fsp3) is 0.222. The van der Waals surface area contributed by atoms with Gasteiger partial charge in [-0.05, 0) is 66.6 Å². The van der Waals surface area contributed by atoms with Crippen LogP contribution in [0.2, 0.25) is 52.4 Å². The van der Waals surface area contributed by atoms with Crippen LogP contribution in [0, 0.1) is 0 Å². The summed E-state index contributed by atoms with van der Waals surface area (Å²) in [5, 5.41) is 4.35. The minimum atomic E-state index is -3.46. The van der Waals surface area contributed by atoms with Gasteiger partial charge in [0.05, 0.1) is 0 Å². The van der Waals surface area contributed by atoms with Gasteiger partial charge in [-0.25, -0.2) is 0 Å². The van der Waals surface area contributed by atoms with Gasteiger partial charge in [-0.3, -0.25) is 0 Å². The first-order chi connectivity index (χ1) is 22.1. The highest BCUT2D eigenvalue weighted by atomic mass is 28.5. The van der Waals surface area contributed by atoms with Gasteiger partial charge in [0.1, 0.15) is 0 Å². The van der Waals surface area contributed by atoms with Gasteiger partial charge in [0.2, 0.25) is 25.0 Å². The summed E-state index contributed by atoms with van der Waals surface area (Å²) in [4.78, 5) is 0. The molecular formula is C36H50O5Si6. The van der Waals surface area contributed by atoms with Crippen LogP contribution in [0.25, 0.3) is 0 Å². The molecule has 1 unspecified atom stereocenters. The van der Waals surface area contributed by atoms with E-state index in [4.69, 9.17) is 20.6 Å². The Hall–Kier alpha value is -2.54. The van der Waals surface area contributed by atoms with Crippen molar-refractivity contribution < 1.29 is 20.6 Å². The summed E-state index contributed by atoms with van der Waals surface area (Å²) in [6.45, 7) is 25.3.